The molecule has 0 aromatic heterocycles. The van der Waals surface area contributed by atoms with Gasteiger partial charge in [0.05, 0.1) is 0 Å². The normalized spacial score (nSPS) is 17.5. The summed E-state index contributed by atoms with van der Waals surface area (Å²) in [6, 6.07) is 0. The van der Waals surface area contributed by atoms with Gasteiger partial charge in [-0.2, -0.15) is 0 Å². The van der Waals surface area contributed by atoms with Crippen LogP contribution in [0.1, 0.15) is 44.9 Å². The number of carboxylic acid groups (broad SMARTS) is 1. The van der Waals surface area contributed by atoms with Gasteiger partial charge in [0.25, 0.3) is 0 Å². The van der Waals surface area contributed by atoms with Crippen LogP contribution in [0.2, 0.25) is 0 Å². The maximum atomic E-state index is 10.2. The lowest BCUT2D eigenvalue weighted by Crippen LogP contribution is -1.96. The van der Waals surface area contributed by atoms with Gasteiger partial charge in [-0.1, -0.05) is 18.1 Å². The SMILES string of the molecule is O=C(O)CCC=C1CCCCC1. The average Bonchev–Trinajstić information content (AvgIpc) is 2.05. The number of rotatable bonds is 3. The number of carboxylic acids is 1. The fourth-order valence-electron chi connectivity index (χ4n) is 1.61. The van der Waals surface area contributed by atoms with E-state index in [0.717, 1.165) is 0 Å². The predicted molar refractivity (Wildman–Crippen MR) is 48.0 cm³/mol. The summed E-state index contributed by atoms with van der Waals surface area (Å²) in [5.74, 6) is -0.692. The Balaban J connectivity index is 2.20. The van der Waals surface area contributed by atoms with Gasteiger partial charge in [-0.15, -0.1) is 0 Å². The topological polar surface area (TPSA) is 37.3 Å². The molecule has 0 heterocycles. The lowest BCUT2D eigenvalue weighted by Gasteiger charge is -2.12. The Morgan fingerprint density at radius 1 is 1.33 bits per heavy atom. The Morgan fingerprint density at radius 2 is 2.00 bits per heavy atom. The molecule has 12 heavy (non-hydrogen) atoms. The molecular weight excluding hydrogens is 152 g/mol. The number of carbonyl (C=O) groups is 1. The molecule has 0 bridgehead atoms. The average molecular weight is 168 g/mol. The van der Waals surface area contributed by atoms with E-state index in [9.17, 15) is 4.79 Å². The molecule has 0 aromatic carbocycles. The molecule has 1 rings (SSSR count). The highest BCUT2D eigenvalue weighted by Gasteiger charge is 2.04. The van der Waals surface area contributed by atoms with Crippen LogP contribution in [0.3, 0.4) is 0 Å². The Hall–Kier alpha value is -0.790. The van der Waals surface area contributed by atoms with Crippen molar-refractivity contribution in [3.8, 4) is 0 Å². The molecule has 0 aliphatic heterocycles. The summed E-state index contributed by atoms with van der Waals surface area (Å²) in [6.45, 7) is 0. The van der Waals surface area contributed by atoms with E-state index < -0.39 is 5.97 Å². The molecule has 2 heteroatoms. The van der Waals surface area contributed by atoms with E-state index in [1.54, 1.807) is 0 Å². The van der Waals surface area contributed by atoms with Gasteiger partial charge in [0.1, 0.15) is 0 Å². The molecule has 1 fully saturated rings. The minimum atomic E-state index is -0.692. The first-order chi connectivity index (χ1) is 5.79. The van der Waals surface area contributed by atoms with Crippen molar-refractivity contribution in [2.24, 2.45) is 0 Å². The summed E-state index contributed by atoms with van der Waals surface area (Å²) < 4.78 is 0. The van der Waals surface area contributed by atoms with Crippen LogP contribution >= 0.6 is 0 Å². The van der Waals surface area contributed by atoms with Gasteiger partial charge in [-0.3, -0.25) is 4.79 Å². The Kier molecular flexibility index (Phi) is 3.85. The summed E-state index contributed by atoms with van der Waals surface area (Å²) >= 11 is 0. The van der Waals surface area contributed by atoms with E-state index in [1.807, 2.05) is 0 Å². The van der Waals surface area contributed by atoms with Crippen molar-refractivity contribution >= 4 is 5.97 Å². The Bertz CT molecular complexity index is 174. The summed E-state index contributed by atoms with van der Waals surface area (Å²) in [4.78, 5) is 10.2. The minimum absolute atomic E-state index is 0.281. The van der Waals surface area contributed by atoms with E-state index in [0.29, 0.717) is 6.42 Å². The quantitative estimate of drug-likeness (QED) is 0.658. The van der Waals surface area contributed by atoms with Gasteiger partial charge in [0.15, 0.2) is 0 Å². The molecule has 0 unspecified atom stereocenters. The van der Waals surface area contributed by atoms with Crippen molar-refractivity contribution in [3.05, 3.63) is 11.6 Å². The standard InChI is InChI=1S/C10H16O2/c11-10(12)8-4-7-9-5-2-1-3-6-9/h7H,1-6,8H2,(H,11,12). The molecular formula is C10H16O2. The fourth-order valence-corrected chi connectivity index (χ4v) is 1.61. The highest BCUT2D eigenvalue weighted by molar-refractivity contribution is 5.66. The molecule has 0 aromatic rings. The van der Waals surface area contributed by atoms with Crippen molar-refractivity contribution in [2.45, 2.75) is 44.9 Å². The Morgan fingerprint density at radius 3 is 2.58 bits per heavy atom. The van der Waals surface area contributed by atoms with Crippen LogP contribution in [0.25, 0.3) is 0 Å². The van der Waals surface area contributed by atoms with E-state index in [-0.39, 0.29) is 6.42 Å². The second-order valence-corrected chi connectivity index (χ2v) is 3.36. The van der Waals surface area contributed by atoms with Gasteiger partial charge in [-0.05, 0) is 32.1 Å². The maximum absolute atomic E-state index is 10.2. The lowest BCUT2D eigenvalue weighted by molar-refractivity contribution is -0.136. The van der Waals surface area contributed by atoms with E-state index in [4.69, 9.17) is 5.11 Å². The van der Waals surface area contributed by atoms with Gasteiger partial charge >= 0.3 is 5.97 Å². The van der Waals surface area contributed by atoms with Crippen molar-refractivity contribution < 1.29 is 9.90 Å². The maximum Gasteiger partial charge on any atom is 0.303 e. The molecule has 0 spiro atoms. The minimum Gasteiger partial charge on any atom is -0.481 e. The van der Waals surface area contributed by atoms with Crippen LogP contribution in [-0.2, 0) is 4.79 Å². The number of aliphatic carboxylic acids is 1. The zero-order valence-electron chi connectivity index (χ0n) is 7.38. The van der Waals surface area contributed by atoms with Crippen molar-refractivity contribution in [3.63, 3.8) is 0 Å². The molecule has 0 amide bonds. The van der Waals surface area contributed by atoms with Gasteiger partial charge < -0.3 is 5.11 Å². The lowest BCUT2D eigenvalue weighted by atomic mass is 9.94. The molecule has 0 atom stereocenters. The van der Waals surface area contributed by atoms with E-state index >= 15 is 0 Å². The predicted octanol–water partition coefficient (Wildman–Crippen LogP) is 2.74. The number of allylic oxidation sites excluding steroid dienone is 2. The third-order valence-corrected chi connectivity index (χ3v) is 2.29. The smallest absolute Gasteiger partial charge is 0.303 e. The van der Waals surface area contributed by atoms with Crippen LogP contribution in [0.5, 0.6) is 0 Å². The number of hydrogen-bond donors (Lipinski definition) is 1. The zero-order chi connectivity index (χ0) is 8.81. The van der Waals surface area contributed by atoms with Crippen molar-refractivity contribution in [2.75, 3.05) is 0 Å². The van der Waals surface area contributed by atoms with Crippen LogP contribution in [0, 0.1) is 0 Å². The van der Waals surface area contributed by atoms with Gasteiger partial charge in [-0.25, -0.2) is 0 Å². The van der Waals surface area contributed by atoms with Gasteiger partial charge in [0.2, 0.25) is 0 Å². The number of hydrogen-bond acceptors (Lipinski definition) is 1. The molecule has 1 aliphatic carbocycles. The molecule has 0 saturated heterocycles. The second kappa shape index (κ2) is 4.96. The van der Waals surface area contributed by atoms with E-state index in [1.165, 1.54) is 37.7 Å². The highest BCUT2D eigenvalue weighted by atomic mass is 16.4. The molecule has 1 saturated carbocycles. The van der Waals surface area contributed by atoms with Crippen molar-refractivity contribution in [1.82, 2.24) is 0 Å². The van der Waals surface area contributed by atoms with Crippen LogP contribution in [-0.4, -0.2) is 11.1 Å². The van der Waals surface area contributed by atoms with Crippen LogP contribution in [0.15, 0.2) is 11.6 Å². The summed E-state index contributed by atoms with van der Waals surface area (Å²) in [5, 5.41) is 8.41. The highest BCUT2D eigenvalue weighted by Crippen LogP contribution is 2.23. The molecule has 1 aliphatic rings. The Labute approximate surface area is 73.3 Å². The first kappa shape index (κ1) is 9.30. The fraction of sp³-hybridized carbons (Fsp3) is 0.700. The molecule has 0 radical (unpaired) electrons. The first-order valence-electron chi connectivity index (χ1n) is 4.69. The van der Waals surface area contributed by atoms with Crippen LogP contribution in [0.4, 0.5) is 0 Å². The summed E-state index contributed by atoms with van der Waals surface area (Å²) in [7, 11) is 0. The summed E-state index contributed by atoms with van der Waals surface area (Å²) in [6.07, 6.45) is 9.43. The monoisotopic (exact) mass is 168 g/mol. The third kappa shape index (κ3) is 3.56. The third-order valence-electron chi connectivity index (χ3n) is 2.29. The van der Waals surface area contributed by atoms with E-state index in [2.05, 4.69) is 6.08 Å². The first-order valence-corrected chi connectivity index (χ1v) is 4.69. The molecule has 2 nitrogen and oxygen atoms in total. The molecule has 68 valence electrons. The second-order valence-electron chi connectivity index (χ2n) is 3.36. The van der Waals surface area contributed by atoms with Crippen LogP contribution < -0.4 is 0 Å². The summed E-state index contributed by atoms with van der Waals surface area (Å²) in [5.41, 5.74) is 1.47. The molecule has 1 N–H and O–H groups in total. The zero-order valence-corrected chi connectivity index (χ0v) is 7.38. The van der Waals surface area contributed by atoms with Gasteiger partial charge in [0, 0.05) is 6.42 Å². The largest absolute Gasteiger partial charge is 0.481 e. The van der Waals surface area contributed by atoms with Crippen molar-refractivity contribution in [1.29, 1.82) is 0 Å².